The van der Waals surface area contributed by atoms with Crippen LogP contribution in [0.25, 0.3) is 10.8 Å². The van der Waals surface area contributed by atoms with Crippen LogP contribution in [0.3, 0.4) is 0 Å². The average molecular weight is 434 g/mol. The van der Waals surface area contributed by atoms with E-state index >= 15 is 0 Å². The highest BCUT2D eigenvalue weighted by Crippen LogP contribution is 2.43. The van der Waals surface area contributed by atoms with Gasteiger partial charge in [0.25, 0.3) is 0 Å². The third kappa shape index (κ3) is 3.68. The van der Waals surface area contributed by atoms with Crippen LogP contribution in [0.4, 0.5) is 15.8 Å². The Kier molecular flexibility index (Phi) is 5.04. The first kappa shape index (κ1) is 20.4. The topological polar surface area (TPSA) is 79.7 Å². The lowest BCUT2D eigenvalue weighted by molar-refractivity contribution is -0.138. The molecule has 164 valence electrons. The summed E-state index contributed by atoms with van der Waals surface area (Å²) in [5.74, 6) is -1.89. The lowest BCUT2D eigenvalue weighted by atomic mass is 10.1. The number of carboxylic acid groups (broad SMARTS) is 1. The second-order valence-electron chi connectivity index (χ2n) is 8.56. The minimum atomic E-state index is -0.960. The van der Waals surface area contributed by atoms with Crippen molar-refractivity contribution >= 4 is 33.9 Å². The van der Waals surface area contributed by atoms with Crippen molar-refractivity contribution < 1.29 is 23.8 Å². The average Bonchev–Trinajstić information content (AvgIpc) is 3.72. The van der Waals surface area contributed by atoms with E-state index in [1.54, 1.807) is 24.4 Å². The molecular weight excluding hydrogens is 411 g/mol. The van der Waals surface area contributed by atoms with Gasteiger partial charge in [0.1, 0.15) is 17.3 Å². The molecule has 1 N–H and O–H groups in total. The molecule has 0 radical (unpaired) electrons. The van der Waals surface area contributed by atoms with E-state index in [4.69, 9.17) is 9.84 Å². The number of Topliss-reactive ketones (excluding diaryl/α,β-unsaturated/α-hetero) is 1. The molecule has 2 saturated carbocycles. The summed E-state index contributed by atoms with van der Waals surface area (Å²) in [6.07, 6.45) is 4.22. The maximum Gasteiger partial charge on any atom is 0.307 e. The number of hydrogen-bond acceptors (Lipinski definition) is 5. The number of halogens is 1. The number of nitrogens with zero attached hydrogens (tertiary/aromatic N) is 2. The quantitative estimate of drug-likeness (QED) is 0.512. The fourth-order valence-corrected chi connectivity index (χ4v) is 4.24. The number of aliphatic carboxylic acids is 1. The first-order chi connectivity index (χ1) is 15.5. The van der Waals surface area contributed by atoms with Gasteiger partial charge in [-0.05, 0) is 37.3 Å². The molecule has 5 rings (SSSR count). The molecule has 2 fully saturated rings. The van der Waals surface area contributed by atoms with E-state index < -0.39 is 17.8 Å². The minimum absolute atomic E-state index is 0.153. The van der Waals surface area contributed by atoms with Gasteiger partial charge in [-0.3, -0.25) is 9.59 Å². The van der Waals surface area contributed by atoms with Crippen molar-refractivity contribution in [1.82, 2.24) is 4.98 Å². The Hall–Kier alpha value is -3.48. The molecule has 0 bridgehead atoms. The molecule has 0 spiro atoms. The predicted molar refractivity (Wildman–Crippen MR) is 118 cm³/mol. The Balaban J connectivity index is 1.54. The van der Waals surface area contributed by atoms with Crippen molar-refractivity contribution in [3.63, 3.8) is 0 Å². The molecule has 0 aliphatic heterocycles. The van der Waals surface area contributed by atoms with Crippen molar-refractivity contribution in [2.45, 2.75) is 19.3 Å². The standard InChI is InChI=1S/C25H23FN2O4/c1-32-22-10-15(12-27-23(22)24(29)18-11-19(18)25(30)31)28(13-14-6-7-14)21-9-8-20(26)16-4-2-3-5-17(16)21/h2-5,8-10,12,14,18-19H,6-7,11,13H2,1H3,(H,30,31)/t18-,19-/m0/s1. The van der Waals surface area contributed by atoms with E-state index in [0.717, 1.165) is 36.1 Å². The van der Waals surface area contributed by atoms with Crippen LogP contribution >= 0.6 is 0 Å². The maximum atomic E-state index is 14.4. The van der Waals surface area contributed by atoms with E-state index in [9.17, 15) is 14.0 Å². The van der Waals surface area contributed by atoms with Crippen LogP contribution in [0.15, 0.2) is 48.7 Å². The van der Waals surface area contributed by atoms with Crippen LogP contribution in [0, 0.1) is 23.6 Å². The fraction of sp³-hybridized carbons (Fsp3) is 0.320. The monoisotopic (exact) mass is 434 g/mol. The van der Waals surface area contributed by atoms with Crippen molar-refractivity contribution in [1.29, 1.82) is 0 Å². The number of benzene rings is 2. The Bertz CT molecular complexity index is 1220. The van der Waals surface area contributed by atoms with E-state index in [2.05, 4.69) is 9.88 Å². The summed E-state index contributed by atoms with van der Waals surface area (Å²) in [5, 5.41) is 10.5. The van der Waals surface area contributed by atoms with Gasteiger partial charge in [-0.25, -0.2) is 9.37 Å². The first-order valence-corrected chi connectivity index (χ1v) is 10.7. The highest BCUT2D eigenvalue weighted by molar-refractivity contribution is 6.03. The molecule has 2 atom stereocenters. The van der Waals surface area contributed by atoms with Crippen LogP contribution in [0.2, 0.25) is 0 Å². The summed E-state index contributed by atoms with van der Waals surface area (Å²) in [6.45, 7) is 0.747. The van der Waals surface area contributed by atoms with Crippen molar-refractivity contribution in [2.75, 3.05) is 18.6 Å². The Morgan fingerprint density at radius 2 is 1.91 bits per heavy atom. The summed E-state index contributed by atoms with van der Waals surface area (Å²) in [6, 6.07) is 12.4. The molecule has 2 aliphatic rings. The molecule has 0 unspecified atom stereocenters. The summed E-state index contributed by atoms with van der Waals surface area (Å²) >= 11 is 0. The number of fused-ring (bicyclic) bond motifs is 1. The Morgan fingerprint density at radius 1 is 1.16 bits per heavy atom. The van der Waals surface area contributed by atoms with Gasteiger partial charge in [0.05, 0.1) is 24.9 Å². The number of pyridine rings is 1. The highest BCUT2D eigenvalue weighted by Gasteiger charge is 2.49. The first-order valence-electron chi connectivity index (χ1n) is 10.7. The van der Waals surface area contributed by atoms with Crippen LogP contribution < -0.4 is 9.64 Å². The Labute approximate surface area is 184 Å². The molecule has 2 aliphatic carbocycles. The number of methoxy groups -OCH3 is 1. The molecule has 32 heavy (non-hydrogen) atoms. The molecule has 3 aromatic rings. The molecule has 1 aromatic heterocycles. The van der Waals surface area contributed by atoms with Gasteiger partial charge in [0, 0.05) is 35.0 Å². The normalized spacial score (nSPS) is 19.6. The second kappa shape index (κ2) is 7.89. The summed E-state index contributed by atoms with van der Waals surface area (Å²) in [7, 11) is 1.47. The largest absolute Gasteiger partial charge is 0.494 e. The van der Waals surface area contributed by atoms with Gasteiger partial charge in [0.15, 0.2) is 5.78 Å². The van der Waals surface area contributed by atoms with Crippen LogP contribution in [0.1, 0.15) is 29.8 Å². The molecule has 7 heteroatoms. The van der Waals surface area contributed by atoms with Crippen molar-refractivity contribution in [2.24, 2.45) is 17.8 Å². The van der Waals surface area contributed by atoms with Gasteiger partial charge in [-0.2, -0.15) is 0 Å². The molecule has 0 saturated heterocycles. The van der Waals surface area contributed by atoms with Crippen molar-refractivity contribution in [3.05, 3.63) is 60.2 Å². The van der Waals surface area contributed by atoms with Gasteiger partial charge in [0.2, 0.25) is 0 Å². The maximum absolute atomic E-state index is 14.4. The number of carbonyl (C=O) groups is 2. The predicted octanol–water partition coefficient (Wildman–Crippen LogP) is 4.83. The third-order valence-electron chi connectivity index (χ3n) is 6.32. The number of aromatic nitrogens is 1. The zero-order valence-electron chi connectivity index (χ0n) is 17.6. The smallest absolute Gasteiger partial charge is 0.307 e. The van der Waals surface area contributed by atoms with E-state index in [1.807, 2.05) is 18.2 Å². The highest BCUT2D eigenvalue weighted by atomic mass is 19.1. The number of hydrogen-bond donors (Lipinski definition) is 1. The SMILES string of the molecule is COc1cc(N(CC2CC2)c2ccc(F)c3ccccc23)cnc1C(=O)[C@H]1C[C@@H]1C(=O)O. The number of rotatable bonds is 8. The molecule has 6 nitrogen and oxygen atoms in total. The van der Waals surface area contributed by atoms with Gasteiger partial charge in [-0.1, -0.05) is 24.3 Å². The zero-order valence-corrected chi connectivity index (χ0v) is 17.6. The number of carboxylic acids is 1. The van der Waals surface area contributed by atoms with Gasteiger partial charge in [-0.15, -0.1) is 0 Å². The number of anilines is 2. The number of ketones is 1. The summed E-state index contributed by atoms with van der Waals surface area (Å²) in [5.41, 5.74) is 1.76. The van der Waals surface area contributed by atoms with E-state index in [0.29, 0.717) is 23.5 Å². The summed E-state index contributed by atoms with van der Waals surface area (Å²) < 4.78 is 19.9. The third-order valence-corrected chi connectivity index (χ3v) is 6.32. The number of carbonyl (C=O) groups excluding carboxylic acids is 1. The van der Waals surface area contributed by atoms with E-state index in [1.165, 1.54) is 13.2 Å². The lowest BCUT2D eigenvalue weighted by Gasteiger charge is -2.27. The zero-order chi connectivity index (χ0) is 22.4. The van der Waals surface area contributed by atoms with Crippen LogP contribution in [0.5, 0.6) is 5.75 Å². The minimum Gasteiger partial charge on any atom is -0.494 e. The van der Waals surface area contributed by atoms with E-state index in [-0.39, 0.29) is 17.3 Å². The van der Waals surface area contributed by atoms with Gasteiger partial charge >= 0.3 is 5.97 Å². The van der Waals surface area contributed by atoms with Gasteiger partial charge < -0.3 is 14.7 Å². The summed E-state index contributed by atoms with van der Waals surface area (Å²) in [4.78, 5) is 30.4. The molecular formula is C25H23FN2O4. The molecule has 1 heterocycles. The molecule has 2 aromatic carbocycles. The van der Waals surface area contributed by atoms with Crippen LogP contribution in [-0.2, 0) is 4.79 Å². The lowest BCUT2D eigenvalue weighted by Crippen LogP contribution is -2.21. The molecule has 0 amide bonds. The number of ether oxygens (including phenoxy) is 1. The Morgan fingerprint density at radius 3 is 2.56 bits per heavy atom. The van der Waals surface area contributed by atoms with Crippen molar-refractivity contribution in [3.8, 4) is 5.75 Å². The second-order valence-corrected chi connectivity index (χ2v) is 8.56. The fourth-order valence-electron chi connectivity index (χ4n) is 4.24. The van der Waals surface area contributed by atoms with Crippen LogP contribution in [-0.4, -0.2) is 35.5 Å².